The minimum atomic E-state index is -0.0350. The Hall–Kier alpha value is -2.55. The van der Waals surface area contributed by atoms with Crippen molar-refractivity contribution in [2.75, 3.05) is 18.0 Å². The van der Waals surface area contributed by atoms with E-state index in [4.69, 9.17) is 0 Å². The molecule has 0 spiro atoms. The maximum Gasteiger partial charge on any atom is 0.263 e. The van der Waals surface area contributed by atoms with Crippen LogP contribution in [0.5, 0.6) is 0 Å². The second-order valence-electron chi connectivity index (χ2n) is 5.88. The lowest BCUT2D eigenvalue weighted by molar-refractivity contribution is 0.0943. The zero-order valence-electron chi connectivity index (χ0n) is 13.4. The molecule has 1 atom stereocenters. The fourth-order valence-corrected chi connectivity index (χ4v) is 3.79. The number of thiazole rings is 1. The lowest BCUT2D eigenvalue weighted by atomic mass is 10.2. The van der Waals surface area contributed by atoms with Gasteiger partial charge in [-0.25, -0.2) is 4.98 Å². The van der Waals surface area contributed by atoms with Crippen LogP contribution in [0.1, 0.15) is 26.8 Å². The summed E-state index contributed by atoms with van der Waals surface area (Å²) >= 11 is 1.44. The van der Waals surface area contributed by atoms with E-state index >= 15 is 0 Å². The molecule has 0 bridgehead atoms. The summed E-state index contributed by atoms with van der Waals surface area (Å²) in [6.07, 6.45) is 2.48. The smallest absolute Gasteiger partial charge is 0.263 e. The predicted molar refractivity (Wildman–Crippen MR) is 90.5 cm³/mol. The van der Waals surface area contributed by atoms with Gasteiger partial charge in [-0.05, 0) is 32.4 Å². The molecule has 0 unspecified atom stereocenters. The van der Waals surface area contributed by atoms with Gasteiger partial charge in [0, 0.05) is 19.1 Å². The largest absolute Gasteiger partial charge is 0.353 e. The quantitative estimate of drug-likeness (QED) is 0.769. The molecule has 1 amide bonds. The van der Waals surface area contributed by atoms with Crippen molar-refractivity contribution in [2.45, 2.75) is 26.3 Å². The third-order valence-electron chi connectivity index (χ3n) is 4.10. The van der Waals surface area contributed by atoms with Gasteiger partial charge in [-0.15, -0.1) is 26.6 Å². The number of carbonyl (C=O) groups is 1. The molecule has 124 valence electrons. The second kappa shape index (κ2) is 5.82. The Morgan fingerprint density at radius 1 is 1.38 bits per heavy atom. The van der Waals surface area contributed by atoms with Crippen molar-refractivity contribution < 1.29 is 4.79 Å². The van der Waals surface area contributed by atoms with Gasteiger partial charge in [-0.3, -0.25) is 4.79 Å². The fourth-order valence-electron chi connectivity index (χ4n) is 2.97. The number of amides is 1. The summed E-state index contributed by atoms with van der Waals surface area (Å²) in [7, 11) is 0. The minimum Gasteiger partial charge on any atom is -0.353 e. The second-order valence-corrected chi connectivity index (χ2v) is 7.08. The van der Waals surface area contributed by atoms with Crippen molar-refractivity contribution in [1.29, 1.82) is 0 Å². The SMILES string of the molecule is Cc1nc(C)c(C(=O)N[C@@H]2CCN(c3ccc4nncn4n3)C2)s1. The number of aromatic nitrogens is 5. The number of hydrogen-bond acceptors (Lipinski definition) is 7. The van der Waals surface area contributed by atoms with E-state index in [-0.39, 0.29) is 11.9 Å². The first-order valence-corrected chi connectivity index (χ1v) is 8.59. The molecule has 1 aliphatic heterocycles. The third-order valence-corrected chi connectivity index (χ3v) is 5.18. The third kappa shape index (κ3) is 2.71. The average molecular weight is 343 g/mol. The van der Waals surface area contributed by atoms with Crippen molar-refractivity contribution in [3.8, 4) is 0 Å². The van der Waals surface area contributed by atoms with Crippen molar-refractivity contribution in [3.63, 3.8) is 0 Å². The zero-order chi connectivity index (χ0) is 16.7. The van der Waals surface area contributed by atoms with Crippen LogP contribution in [-0.2, 0) is 0 Å². The number of aryl methyl sites for hydroxylation is 2. The Kier molecular flexibility index (Phi) is 3.64. The van der Waals surface area contributed by atoms with Gasteiger partial charge in [0.2, 0.25) is 0 Å². The normalized spacial score (nSPS) is 17.6. The molecule has 9 heteroatoms. The number of fused-ring (bicyclic) bond motifs is 1. The molecule has 3 aromatic heterocycles. The van der Waals surface area contributed by atoms with E-state index in [1.807, 2.05) is 26.0 Å². The highest BCUT2D eigenvalue weighted by Crippen LogP contribution is 2.20. The van der Waals surface area contributed by atoms with Crippen LogP contribution in [0.4, 0.5) is 5.82 Å². The average Bonchev–Trinajstić information content (AvgIpc) is 3.26. The summed E-state index contributed by atoms with van der Waals surface area (Å²) in [5.41, 5.74) is 1.52. The summed E-state index contributed by atoms with van der Waals surface area (Å²) in [4.78, 5) is 19.6. The van der Waals surface area contributed by atoms with Gasteiger partial charge in [0.1, 0.15) is 17.0 Å². The van der Waals surface area contributed by atoms with E-state index in [0.29, 0.717) is 4.88 Å². The van der Waals surface area contributed by atoms with Crippen LogP contribution in [0.25, 0.3) is 5.65 Å². The number of hydrogen-bond donors (Lipinski definition) is 1. The van der Waals surface area contributed by atoms with E-state index in [9.17, 15) is 4.79 Å². The molecule has 4 heterocycles. The van der Waals surface area contributed by atoms with Crippen LogP contribution in [-0.4, -0.2) is 49.8 Å². The number of anilines is 1. The summed E-state index contributed by atoms with van der Waals surface area (Å²) in [6.45, 7) is 5.38. The maximum atomic E-state index is 12.4. The number of carbonyl (C=O) groups excluding carboxylic acids is 1. The van der Waals surface area contributed by atoms with Crippen LogP contribution in [0.15, 0.2) is 18.5 Å². The number of rotatable bonds is 3. The lowest BCUT2D eigenvalue weighted by Gasteiger charge is -2.17. The Morgan fingerprint density at radius 2 is 2.25 bits per heavy atom. The Morgan fingerprint density at radius 3 is 3.04 bits per heavy atom. The van der Waals surface area contributed by atoms with E-state index in [0.717, 1.165) is 41.7 Å². The van der Waals surface area contributed by atoms with Crippen molar-refractivity contribution in [3.05, 3.63) is 34.0 Å². The van der Waals surface area contributed by atoms with E-state index in [1.54, 1.807) is 10.8 Å². The first kappa shape index (κ1) is 15.0. The monoisotopic (exact) mass is 343 g/mol. The van der Waals surface area contributed by atoms with Crippen LogP contribution < -0.4 is 10.2 Å². The standard InChI is InChI=1S/C15H17N7OS/c1-9-14(24-10(2)17-9)15(23)18-11-5-6-21(7-11)13-4-3-12-19-16-8-22(12)20-13/h3-4,8,11H,5-7H2,1-2H3,(H,18,23)/t11-/m1/s1. The Balaban J connectivity index is 1.44. The molecule has 0 aliphatic carbocycles. The highest BCUT2D eigenvalue weighted by molar-refractivity contribution is 7.13. The van der Waals surface area contributed by atoms with E-state index < -0.39 is 0 Å². The summed E-state index contributed by atoms with van der Waals surface area (Å²) in [5.74, 6) is 0.830. The first-order chi connectivity index (χ1) is 11.6. The Bertz CT molecular complexity index is 902. The van der Waals surface area contributed by atoms with Crippen molar-refractivity contribution >= 4 is 28.7 Å². The molecule has 4 rings (SSSR count). The molecule has 1 saturated heterocycles. The topological polar surface area (TPSA) is 88.3 Å². The predicted octanol–water partition coefficient (Wildman–Crippen LogP) is 1.21. The number of nitrogens with one attached hydrogen (secondary N) is 1. The molecular formula is C15H17N7OS. The molecular weight excluding hydrogens is 326 g/mol. The highest BCUT2D eigenvalue weighted by Gasteiger charge is 2.26. The van der Waals surface area contributed by atoms with Gasteiger partial charge in [-0.1, -0.05) is 0 Å². The van der Waals surface area contributed by atoms with Gasteiger partial charge in [-0.2, -0.15) is 4.52 Å². The summed E-state index contributed by atoms with van der Waals surface area (Å²) < 4.78 is 1.66. The van der Waals surface area contributed by atoms with Crippen molar-refractivity contribution in [2.24, 2.45) is 0 Å². The molecule has 1 N–H and O–H groups in total. The fraction of sp³-hybridized carbons (Fsp3) is 0.400. The number of nitrogens with zero attached hydrogens (tertiary/aromatic N) is 6. The van der Waals surface area contributed by atoms with E-state index in [1.165, 1.54) is 11.3 Å². The van der Waals surface area contributed by atoms with Crippen LogP contribution >= 0.6 is 11.3 Å². The Labute approximate surface area is 142 Å². The van der Waals surface area contributed by atoms with Crippen LogP contribution in [0.2, 0.25) is 0 Å². The molecule has 3 aromatic rings. The van der Waals surface area contributed by atoms with Crippen LogP contribution in [0.3, 0.4) is 0 Å². The molecule has 1 fully saturated rings. The molecule has 0 radical (unpaired) electrons. The van der Waals surface area contributed by atoms with Gasteiger partial charge >= 0.3 is 0 Å². The summed E-state index contributed by atoms with van der Waals surface area (Å²) in [6, 6.07) is 3.94. The molecule has 0 aromatic carbocycles. The highest BCUT2D eigenvalue weighted by atomic mass is 32.1. The van der Waals surface area contributed by atoms with E-state index in [2.05, 4.69) is 30.5 Å². The van der Waals surface area contributed by atoms with Gasteiger partial charge in [0.05, 0.1) is 10.7 Å². The van der Waals surface area contributed by atoms with Gasteiger partial charge in [0.25, 0.3) is 5.91 Å². The summed E-state index contributed by atoms with van der Waals surface area (Å²) in [5, 5.41) is 16.3. The maximum absolute atomic E-state index is 12.4. The molecule has 0 saturated carbocycles. The molecule has 8 nitrogen and oxygen atoms in total. The minimum absolute atomic E-state index is 0.0350. The lowest BCUT2D eigenvalue weighted by Crippen LogP contribution is -2.37. The first-order valence-electron chi connectivity index (χ1n) is 7.77. The van der Waals surface area contributed by atoms with Gasteiger partial charge in [0.15, 0.2) is 5.65 Å². The molecule has 1 aliphatic rings. The van der Waals surface area contributed by atoms with Crippen LogP contribution in [0, 0.1) is 13.8 Å². The van der Waals surface area contributed by atoms with Gasteiger partial charge < -0.3 is 10.2 Å². The zero-order valence-corrected chi connectivity index (χ0v) is 14.2. The molecule has 24 heavy (non-hydrogen) atoms. The van der Waals surface area contributed by atoms with Crippen molar-refractivity contribution in [1.82, 2.24) is 30.1 Å².